The largest absolute Gasteiger partial charge is 0.482 e. The van der Waals surface area contributed by atoms with Gasteiger partial charge in [-0.05, 0) is 54.8 Å². The number of carbonyl (C=O) groups is 2. The number of carboxylic acid groups (broad SMARTS) is 1. The van der Waals surface area contributed by atoms with Crippen LogP contribution in [0.5, 0.6) is 5.75 Å². The molecule has 2 N–H and O–H groups in total. The van der Waals surface area contributed by atoms with Crippen LogP contribution in [0.25, 0.3) is 0 Å². The first-order valence-corrected chi connectivity index (χ1v) is 7.85. The number of aryl methyl sites for hydroxylation is 1. The number of anilines is 1. The molecule has 6 heteroatoms. The average Bonchev–Trinajstić information content (AvgIpc) is 2.55. The molecule has 0 radical (unpaired) electrons. The monoisotopic (exact) mass is 345 g/mol. The molecule has 0 aliphatic heterocycles. The minimum absolute atomic E-state index is 0.174. The van der Waals surface area contributed by atoms with Gasteiger partial charge in [0.1, 0.15) is 11.6 Å². The molecule has 0 spiro atoms. The summed E-state index contributed by atoms with van der Waals surface area (Å²) in [6.45, 7) is 3.15. The highest BCUT2D eigenvalue weighted by Gasteiger charge is 2.15. The van der Waals surface area contributed by atoms with Gasteiger partial charge in [-0.25, -0.2) is 9.18 Å². The standard InChI is InChI=1S/C19H20FNO4/c1-12-9-16(25-11-18(22)23)6-7-17(12)21-19(24)13(2)8-14-4-3-5-15(20)10-14/h3-7,9-10,13H,8,11H2,1-2H3,(H,21,24)(H,22,23). The number of ether oxygens (including phenoxy) is 1. The summed E-state index contributed by atoms with van der Waals surface area (Å²) in [5.41, 5.74) is 2.14. The van der Waals surface area contributed by atoms with Gasteiger partial charge in [0, 0.05) is 11.6 Å². The Kier molecular flexibility index (Phi) is 6.11. The van der Waals surface area contributed by atoms with E-state index in [1.54, 1.807) is 44.2 Å². The smallest absolute Gasteiger partial charge is 0.341 e. The molecule has 1 unspecified atom stereocenters. The van der Waals surface area contributed by atoms with Crippen LogP contribution >= 0.6 is 0 Å². The molecule has 2 rings (SSSR count). The van der Waals surface area contributed by atoms with E-state index in [9.17, 15) is 14.0 Å². The number of rotatable bonds is 7. The molecule has 5 nitrogen and oxygen atoms in total. The van der Waals surface area contributed by atoms with Crippen molar-refractivity contribution in [2.75, 3.05) is 11.9 Å². The molecule has 0 fully saturated rings. The number of halogens is 1. The molecule has 0 saturated carbocycles. The van der Waals surface area contributed by atoms with Gasteiger partial charge in [0.25, 0.3) is 0 Å². The van der Waals surface area contributed by atoms with Gasteiger partial charge in [-0.15, -0.1) is 0 Å². The molecule has 0 heterocycles. The van der Waals surface area contributed by atoms with Crippen LogP contribution in [0.15, 0.2) is 42.5 Å². The van der Waals surface area contributed by atoms with Crippen molar-refractivity contribution in [1.29, 1.82) is 0 Å². The van der Waals surface area contributed by atoms with E-state index in [4.69, 9.17) is 9.84 Å². The van der Waals surface area contributed by atoms with Gasteiger partial charge in [-0.1, -0.05) is 19.1 Å². The Balaban J connectivity index is 1.98. The number of aliphatic carboxylic acids is 1. The first-order valence-electron chi connectivity index (χ1n) is 7.85. The van der Waals surface area contributed by atoms with Crippen LogP contribution in [-0.4, -0.2) is 23.6 Å². The van der Waals surface area contributed by atoms with Gasteiger partial charge in [-0.2, -0.15) is 0 Å². The number of hydrogen-bond donors (Lipinski definition) is 2. The number of carboxylic acids is 1. The van der Waals surface area contributed by atoms with Crippen molar-refractivity contribution in [2.24, 2.45) is 5.92 Å². The summed E-state index contributed by atoms with van der Waals surface area (Å²) in [4.78, 5) is 22.9. The summed E-state index contributed by atoms with van der Waals surface area (Å²) in [5.74, 6) is -1.46. The second-order valence-corrected chi connectivity index (χ2v) is 5.88. The van der Waals surface area contributed by atoms with E-state index in [1.165, 1.54) is 12.1 Å². The zero-order valence-electron chi connectivity index (χ0n) is 14.1. The molecule has 1 amide bonds. The minimum Gasteiger partial charge on any atom is -0.482 e. The van der Waals surface area contributed by atoms with E-state index >= 15 is 0 Å². The third-order valence-corrected chi connectivity index (χ3v) is 3.70. The summed E-state index contributed by atoms with van der Waals surface area (Å²) in [6.07, 6.45) is 0.433. The quantitative estimate of drug-likeness (QED) is 0.806. The van der Waals surface area contributed by atoms with Gasteiger partial charge in [0.15, 0.2) is 6.61 Å². The molecule has 2 aromatic rings. The zero-order chi connectivity index (χ0) is 18.4. The molecule has 2 aromatic carbocycles. The van der Waals surface area contributed by atoms with E-state index in [0.29, 0.717) is 17.9 Å². The van der Waals surface area contributed by atoms with Crippen molar-refractivity contribution in [3.05, 3.63) is 59.4 Å². The van der Waals surface area contributed by atoms with Crippen LogP contribution in [0.4, 0.5) is 10.1 Å². The minimum atomic E-state index is -1.05. The molecule has 0 aromatic heterocycles. The maximum atomic E-state index is 13.2. The fourth-order valence-electron chi connectivity index (χ4n) is 2.38. The van der Waals surface area contributed by atoms with Crippen molar-refractivity contribution in [3.63, 3.8) is 0 Å². The fourth-order valence-corrected chi connectivity index (χ4v) is 2.38. The summed E-state index contributed by atoms with van der Waals surface area (Å²) in [5, 5.41) is 11.4. The Labute approximate surface area is 145 Å². The lowest BCUT2D eigenvalue weighted by atomic mass is 10.00. The van der Waals surface area contributed by atoms with Crippen molar-refractivity contribution in [1.82, 2.24) is 0 Å². The number of amides is 1. The van der Waals surface area contributed by atoms with E-state index < -0.39 is 12.6 Å². The lowest BCUT2D eigenvalue weighted by Crippen LogP contribution is -2.22. The third-order valence-electron chi connectivity index (χ3n) is 3.70. The lowest BCUT2D eigenvalue weighted by Gasteiger charge is -2.15. The maximum absolute atomic E-state index is 13.2. The Morgan fingerprint density at radius 2 is 2.00 bits per heavy atom. The van der Waals surface area contributed by atoms with E-state index in [-0.39, 0.29) is 17.6 Å². The van der Waals surface area contributed by atoms with E-state index in [0.717, 1.165) is 11.1 Å². The average molecular weight is 345 g/mol. The lowest BCUT2D eigenvalue weighted by molar-refractivity contribution is -0.139. The predicted molar refractivity (Wildman–Crippen MR) is 92.2 cm³/mol. The van der Waals surface area contributed by atoms with Gasteiger partial charge in [0.05, 0.1) is 0 Å². The highest BCUT2D eigenvalue weighted by atomic mass is 19.1. The molecule has 1 atom stereocenters. The molecular weight excluding hydrogens is 325 g/mol. The Morgan fingerprint density at radius 1 is 1.24 bits per heavy atom. The van der Waals surface area contributed by atoms with Gasteiger partial charge >= 0.3 is 5.97 Å². The molecule has 0 saturated heterocycles. The molecule has 0 bridgehead atoms. The Morgan fingerprint density at radius 3 is 2.64 bits per heavy atom. The maximum Gasteiger partial charge on any atom is 0.341 e. The van der Waals surface area contributed by atoms with Crippen LogP contribution in [0, 0.1) is 18.7 Å². The van der Waals surface area contributed by atoms with Gasteiger partial charge in [-0.3, -0.25) is 4.79 Å². The van der Waals surface area contributed by atoms with Crippen molar-refractivity contribution >= 4 is 17.6 Å². The van der Waals surface area contributed by atoms with Crippen molar-refractivity contribution in [3.8, 4) is 5.75 Å². The molecule has 25 heavy (non-hydrogen) atoms. The topological polar surface area (TPSA) is 75.6 Å². The second kappa shape index (κ2) is 8.28. The molecule has 0 aliphatic rings. The summed E-state index contributed by atoms with van der Waals surface area (Å²) >= 11 is 0. The normalized spacial score (nSPS) is 11.6. The van der Waals surface area contributed by atoms with Gasteiger partial charge < -0.3 is 15.2 Å². The molecule has 132 valence electrons. The second-order valence-electron chi connectivity index (χ2n) is 5.88. The summed E-state index contributed by atoms with van der Waals surface area (Å²) in [7, 11) is 0. The highest BCUT2D eigenvalue weighted by Crippen LogP contribution is 2.22. The van der Waals surface area contributed by atoms with Crippen molar-refractivity contribution < 1.29 is 23.8 Å². The number of hydrogen-bond acceptors (Lipinski definition) is 3. The van der Waals surface area contributed by atoms with Crippen LogP contribution in [0.1, 0.15) is 18.1 Å². The van der Waals surface area contributed by atoms with Crippen LogP contribution in [0.3, 0.4) is 0 Å². The van der Waals surface area contributed by atoms with Crippen LogP contribution < -0.4 is 10.1 Å². The predicted octanol–water partition coefficient (Wildman–Crippen LogP) is 3.41. The number of carbonyl (C=O) groups excluding carboxylic acids is 1. The van der Waals surface area contributed by atoms with Crippen LogP contribution in [-0.2, 0) is 16.0 Å². The van der Waals surface area contributed by atoms with Crippen molar-refractivity contribution in [2.45, 2.75) is 20.3 Å². The van der Waals surface area contributed by atoms with E-state index in [2.05, 4.69) is 5.32 Å². The van der Waals surface area contributed by atoms with E-state index in [1.807, 2.05) is 0 Å². The number of nitrogens with one attached hydrogen (secondary N) is 1. The summed E-state index contributed by atoms with van der Waals surface area (Å²) < 4.78 is 18.3. The summed E-state index contributed by atoms with van der Waals surface area (Å²) in [6, 6.07) is 11.1. The Bertz CT molecular complexity index is 776. The molecular formula is C19H20FNO4. The Hall–Kier alpha value is -2.89. The fraction of sp³-hybridized carbons (Fsp3) is 0.263. The molecule has 0 aliphatic carbocycles. The highest BCUT2D eigenvalue weighted by molar-refractivity contribution is 5.93. The SMILES string of the molecule is Cc1cc(OCC(=O)O)ccc1NC(=O)C(C)Cc1cccc(F)c1. The third kappa shape index (κ3) is 5.60. The first-order chi connectivity index (χ1) is 11.8. The van der Waals surface area contributed by atoms with Crippen LogP contribution in [0.2, 0.25) is 0 Å². The number of benzene rings is 2. The van der Waals surface area contributed by atoms with Gasteiger partial charge in [0.2, 0.25) is 5.91 Å². The zero-order valence-corrected chi connectivity index (χ0v) is 14.1. The first kappa shape index (κ1) is 18.4.